The normalized spacial score (nSPS) is 11.0. The van der Waals surface area contributed by atoms with Gasteiger partial charge >= 0.3 is 0 Å². The van der Waals surface area contributed by atoms with Crippen molar-refractivity contribution in [3.05, 3.63) is 54.5 Å². The minimum atomic E-state index is -0.169. The molecule has 6 nitrogen and oxygen atoms in total. The van der Waals surface area contributed by atoms with Crippen LogP contribution in [0.25, 0.3) is 21.9 Å². The summed E-state index contributed by atoms with van der Waals surface area (Å²) >= 11 is 0. The number of carbonyl (C=O) groups is 1. The molecule has 102 valence electrons. The summed E-state index contributed by atoms with van der Waals surface area (Å²) in [5, 5.41) is 11.5. The Hall–Kier alpha value is -3.15. The zero-order chi connectivity index (χ0) is 14.2. The second-order valence-corrected chi connectivity index (χ2v) is 4.73. The van der Waals surface area contributed by atoms with E-state index in [1.165, 1.54) is 0 Å². The number of hydrogen-bond donors (Lipinski definition) is 3. The number of rotatable bonds is 2. The van der Waals surface area contributed by atoms with Crippen molar-refractivity contribution in [2.24, 2.45) is 0 Å². The maximum atomic E-state index is 12.4. The lowest BCUT2D eigenvalue weighted by atomic mass is 10.2. The van der Waals surface area contributed by atoms with Gasteiger partial charge in [-0.15, -0.1) is 0 Å². The van der Waals surface area contributed by atoms with Crippen molar-refractivity contribution in [2.45, 2.75) is 0 Å². The summed E-state index contributed by atoms with van der Waals surface area (Å²) < 4.78 is 0. The van der Waals surface area contributed by atoms with Gasteiger partial charge in [-0.2, -0.15) is 5.10 Å². The van der Waals surface area contributed by atoms with Crippen molar-refractivity contribution in [1.29, 1.82) is 0 Å². The van der Waals surface area contributed by atoms with E-state index >= 15 is 0 Å². The standard InChI is InChI=1S/C15H11N5O/c21-15(12-8-17-14-11(12)2-1-5-16-14)19-10-3-4-13-9(6-10)7-18-20-13/h1-8H,(H,16,17)(H,18,20)(H,19,21). The summed E-state index contributed by atoms with van der Waals surface area (Å²) in [6.07, 6.45) is 5.08. The molecule has 0 aliphatic rings. The molecule has 3 aromatic heterocycles. The smallest absolute Gasteiger partial charge is 0.257 e. The third-order valence-corrected chi connectivity index (χ3v) is 3.39. The van der Waals surface area contributed by atoms with E-state index in [4.69, 9.17) is 0 Å². The molecule has 3 heterocycles. The fraction of sp³-hybridized carbons (Fsp3) is 0. The molecule has 0 saturated heterocycles. The molecule has 21 heavy (non-hydrogen) atoms. The van der Waals surface area contributed by atoms with Crippen LogP contribution in [0.15, 0.2) is 48.9 Å². The molecule has 0 fully saturated rings. The Kier molecular flexibility index (Phi) is 2.47. The molecule has 1 aromatic carbocycles. The number of carbonyl (C=O) groups excluding carboxylic acids is 1. The number of fused-ring (bicyclic) bond motifs is 2. The Morgan fingerprint density at radius 1 is 1.24 bits per heavy atom. The monoisotopic (exact) mass is 277 g/mol. The summed E-state index contributed by atoms with van der Waals surface area (Å²) in [6, 6.07) is 9.28. The fourth-order valence-corrected chi connectivity index (χ4v) is 2.36. The van der Waals surface area contributed by atoms with Crippen LogP contribution in [-0.2, 0) is 0 Å². The third kappa shape index (κ3) is 1.93. The van der Waals surface area contributed by atoms with Gasteiger partial charge in [-0.1, -0.05) is 0 Å². The quantitative estimate of drug-likeness (QED) is 0.526. The Morgan fingerprint density at radius 2 is 2.19 bits per heavy atom. The van der Waals surface area contributed by atoms with E-state index in [9.17, 15) is 4.79 Å². The number of benzene rings is 1. The van der Waals surface area contributed by atoms with Crippen molar-refractivity contribution < 1.29 is 4.79 Å². The first-order valence-corrected chi connectivity index (χ1v) is 6.48. The highest BCUT2D eigenvalue weighted by atomic mass is 16.1. The number of nitrogens with one attached hydrogen (secondary N) is 3. The molecule has 0 bridgehead atoms. The SMILES string of the molecule is O=C(Nc1ccc2[nH]ncc2c1)c1c[nH]c2ncccc12. The van der Waals surface area contributed by atoms with E-state index in [2.05, 4.69) is 25.5 Å². The van der Waals surface area contributed by atoms with Crippen molar-refractivity contribution in [2.75, 3.05) is 5.32 Å². The minimum Gasteiger partial charge on any atom is -0.345 e. The van der Waals surface area contributed by atoms with Gasteiger partial charge in [0.1, 0.15) is 5.65 Å². The molecule has 1 amide bonds. The number of anilines is 1. The van der Waals surface area contributed by atoms with E-state index in [0.717, 1.165) is 22.0 Å². The maximum Gasteiger partial charge on any atom is 0.257 e. The molecular weight excluding hydrogens is 266 g/mol. The van der Waals surface area contributed by atoms with E-state index in [1.54, 1.807) is 18.6 Å². The van der Waals surface area contributed by atoms with Crippen LogP contribution in [0.3, 0.4) is 0 Å². The summed E-state index contributed by atoms with van der Waals surface area (Å²) in [6.45, 7) is 0. The molecule has 0 radical (unpaired) electrons. The van der Waals surface area contributed by atoms with Crippen LogP contribution in [-0.4, -0.2) is 26.1 Å². The van der Waals surface area contributed by atoms with Crippen LogP contribution in [0.1, 0.15) is 10.4 Å². The average Bonchev–Trinajstić information content (AvgIpc) is 3.13. The summed E-state index contributed by atoms with van der Waals surface area (Å²) in [5.74, 6) is -0.169. The molecule has 0 saturated carbocycles. The van der Waals surface area contributed by atoms with Crippen molar-refractivity contribution in [3.63, 3.8) is 0 Å². The number of nitrogens with zero attached hydrogens (tertiary/aromatic N) is 2. The highest BCUT2D eigenvalue weighted by molar-refractivity contribution is 6.12. The largest absolute Gasteiger partial charge is 0.345 e. The van der Waals surface area contributed by atoms with Gasteiger partial charge in [0.05, 0.1) is 17.3 Å². The molecule has 0 atom stereocenters. The Labute approximate surface area is 119 Å². The van der Waals surface area contributed by atoms with E-state index in [-0.39, 0.29) is 5.91 Å². The predicted octanol–water partition coefficient (Wildman–Crippen LogP) is 2.69. The van der Waals surface area contributed by atoms with Gasteiger partial charge in [0.2, 0.25) is 0 Å². The number of amides is 1. The van der Waals surface area contributed by atoms with Crippen LogP contribution in [0.2, 0.25) is 0 Å². The van der Waals surface area contributed by atoms with Crippen molar-refractivity contribution >= 4 is 33.5 Å². The Bertz CT molecular complexity index is 953. The average molecular weight is 277 g/mol. The van der Waals surface area contributed by atoms with E-state index < -0.39 is 0 Å². The zero-order valence-electron chi connectivity index (χ0n) is 10.9. The number of aromatic nitrogens is 4. The first-order valence-electron chi connectivity index (χ1n) is 6.48. The molecule has 0 aliphatic carbocycles. The van der Waals surface area contributed by atoms with Gasteiger partial charge in [0, 0.05) is 28.9 Å². The highest BCUT2D eigenvalue weighted by Crippen LogP contribution is 2.20. The predicted molar refractivity (Wildman–Crippen MR) is 80.1 cm³/mol. The second kappa shape index (κ2) is 4.45. The molecule has 0 unspecified atom stereocenters. The second-order valence-electron chi connectivity index (χ2n) is 4.73. The maximum absolute atomic E-state index is 12.4. The fourth-order valence-electron chi connectivity index (χ4n) is 2.36. The van der Waals surface area contributed by atoms with Gasteiger partial charge in [-0.25, -0.2) is 4.98 Å². The lowest BCUT2D eigenvalue weighted by Crippen LogP contribution is -2.11. The summed E-state index contributed by atoms with van der Waals surface area (Å²) in [5.41, 5.74) is 2.94. The zero-order valence-corrected chi connectivity index (χ0v) is 10.9. The molecule has 0 aliphatic heterocycles. The van der Waals surface area contributed by atoms with Crippen LogP contribution in [0, 0.1) is 0 Å². The summed E-state index contributed by atoms with van der Waals surface area (Å²) in [4.78, 5) is 19.6. The van der Waals surface area contributed by atoms with Gasteiger partial charge in [-0.05, 0) is 30.3 Å². The summed E-state index contributed by atoms with van der Waals surface area (Å²) in [7, 11) is 0. The first-order chi connectivity index (χ1) is 10.3. The van der Waals surface area contributed by atoms with Crippen LogP contribution < -0.4 is 5.32 Å². The molecule has 4 rings (SSSR count). The van der Waals surface area contributed by atoms with Crippen molar-refractivity contribution in [1.82, 2.24) is 20.2 Å². The van der Waals surface area contributed by atoms with Gasteiger partial charge < -0.3 is 10.3 Å². The Morgan fingerprint density at radius 3 is 3.14 bits per heavy atom. The molecular formula is C15H11N5O. The van der Waals surface area contributed by atoms with Gasteiger partial charge in [0.25, 0.3) is 5.91 Å². The Balaban J connectivity index is 1.68. The lowest BCUT2D eigenvalue weighted by Gasteiger charge is -2.04. The van der Waals surface area contributed by atoms with Crippen LogP contribution in [0.5, 0.6) is 0 Å². The van der Waals surface area contributed by atoms with E-state index in [1.807, 2.05) is 30.3 Å². The number of hydrogen-bond acceptors (Lipinski definition) is 3. The number of H-pyrrole nitrogens is 2. The molecule has 4 aromatic rings. The van der Waals surface area contributed by atoms with Crippen LogP contribution >= 0.6 is 0 Å². The van der Waals surface area contributed by atoms with Crippen molar-refractivity contribution in [3.8, 4) is 0 Å². The van der Waals surface area contributed by atoms with Gasteiger partial charge in [0.15, 0.2) is 0 Å². The highest BCUT2D eigenvalue weighted by Gasteiger charge is 2.12. The lowest BCUT2D eigenvalue weighted by molar-refractivity contribution is 0.102. The number of pyridine rings is 1. The molecule has 6 heteroatoms. The molecule has 0 spiro atoms. The third-order valence-electron chi connectivity index (χ3n) is 3.39. The topological polar surface area (TPSA) is 86.5 Å². The number of aromatic amines is 2. The van der Waals surface area contributed by atoms with Crippen LogP contribution in [0.4, 0.5) is 5.69 Å². The van der Waals surface area contributed by atoms with Gasteiger partial charge in [-0.3, -0.25) is 9.89 Å². The minimum absolute atomic E-state index is 0.169. The molecule has 3 N–H and O–H groups in total. The first kappa shape index (κ1) is 11.7. The van der Waals surface area contributed by atoms with E-state index in [0.29, 0.717) is 11.2 Å².